The zero-order chi connectivity index (χ0) is 20.4. The minimum atomic E-state index is -0.125. The Balaban J connectivity index is 2.11. The highest BCUT2D eigenvalue weighted by Gasteiger charge is 2.28. The van der Waals surface area contributed by atoms with Crippen molar-refractivity contribution in [3.63, 3.8) is 0 Å². The number of nitrogens with one attached hydrogen (secondary N) is 1. The maximum atomic E-state index is 9.16. The van der Waals surface area contributed by atoms with Gasteiger partial charge >= 0.3 is 0 Å². The van der Waals surface area contributed by atoms with Crippen LogP contribution >= 0.6 is 0 Å². The summed E-state index contributed by atoms with van der Waals surface area (Å²) in [5.74, 6) is 1.67. The van der Waals surface area contributed by atoms with E-state index in [0.717, 1.165) is 34.9 Å². The van der Waals surface area contributed by atoms with Gasteiger partial charge in [0.05, 0.1) is 6.61 Å². The van der Waals surface area contributed by atoms with Crippen LogP contribution in [0.1, 0.15) is 41.0 Å². The molecule has 0 fully saturated rings. The van der Waals surface area contributed by atoms with E-state index in [1.165, 1.54) is 0 Å². The fourth-order valence-electron chi connectivity index (χ4n) is 3.94. The molecule has 5 nitrogen and oxygen atoms in total. The highest BCUT2D eigenvalue weighted by atomic mass is 16.5. The Morgan fingerprint density at radius 1 is 1.04 bits per heavy atom. The number of imidazole rings is 1. The van der Waals surface area contributed by atoms with Crippen LogP contribution in [0.15, 0.2) is 48.7 Å². The van der Waals surface area contributed by atoms with E-state index in [-0.39, 0.29) is 24.2 Å². The van der Waals surface area contributed by atoms with Crippen LogP contribution in [0.25, 0.3) is 16.9 Å². The molecule has 0 unspecified atom stereocenters. The summed E-state index contributed by atoms with van der Waals surface area (Å²) in [5, 5.41) is 12.9. The standard InChI is InChI=1S/C23H31N3O2/c1-22(2,3)16-23(4,5)25-21-20(24-19-12-8-9-13-26(19)21)17-10-6-7-11-18(17)28-15-14-27/h6-13,25,27H,14-16H2,1-5H3. The fourth-order valence-corrected chi connectivity index (χ4v) is 3.94. The molecule has 0 atom stereocenters. The fraction of sp³-hybridized carbons (Fsp3) is 0.435. The van der Waals surface area contributed by atoms with Crippen LogP contribution < -0.4 is 10.1 Å². The normalized spacial score (nSPS) is 12.4. The first-order valence-electron chi connectivity index (χ1n) is 9.78. The van der Waals surface area contributed by atoms with Gasteiger partial charge in [-0.3, -0.25) is 4.40 Å². The van der Waals surface area contributed by atoms with E-state index in [2.05, 4.69) is 44.3 Å². The van der Waals surface area contributed by atoms with E-state index >= 15 is 0 Å². The molecule has 0 aliphatic carbocycles. The SMILES string of the molecule is CC(C)(C)CC(C)(C)Nc1c(-c2ccccc2OCCO)nc2ccccn12. The first-order chi connectivity index (χ1) is 13.2. The van der Waals surface area contributed by atoms with Crippen molar-refractivity contribution in [2.75, 3.05) is 18.5 Å². The number of aliphatic hydroxyl groups is 1. The van der Waals surface area contributed by atoms with Crippen LogP contribution in [-0.2, 0) is 0 Å². The molecule has 5 heteroatoms. The molecule has 0 saturated carbocycles. The molecule has 0 aliphatic rings. The van der Waals surface area contributed by atoms with Crippen molar-refractivity contribution in [1.82, 2.24) is 9.38 Å². The molecular formula is C23H31N3O2. The number of hydrogen-bond donors (Lipinski definition) is 2. The molecule has 2 aromatic heterocycles. The van der Waals surface area contributed by atoms with E-state index in [1.54, 1.807) is 0 Å². The maximum absolute atomic E-state index is 9.16. The maximum Gasteiger partial charge on any atom is 0.139 e. The number of aromatic nitrogens is 2. The predicted molar refractivity (Wildman–Crippen MR) is 115 cm³/mol. The minimum absolute atomic E-state index is 0.0246. The highest BCUT2D eigenvalue weighted by Crippen LogP contribution is 2.38. The van der Waals surface area contributed by atoms with E-state index in [0.29, 0.717) is 0 Å². The average molecular weight is 382 g/mol. The van der Waals surface area contributed by atoms with Gasteiger partial charge in [-0.15, -0.1) is 0 Å². The summed E-state index contributed by atoms with van der Waals surface area (Å²) < 4.78 is 7.86. The molecule has 0 bridgehead atoms. The third-order valence-corrected chi connectivity index (χ3v) is 4.45. The van der Waals surface area contributed by atoms with Gasteiger partial charge in [0, 0.05) is 17.3 Å². The third-order valence-electron chi connectivity index (χ3n) is 4.45. The molecule has 0 radical (unpaired) electrons. The lowest BCUT2D eigenvalue weighted by Gasteiger charge is -2.34. The lowest BCUT2D eigenvalue weighted by molar-refractivity contribution is 0.202. The number of rotatable bonds is 7. The Morgan fingerprint density at radius 2 is 1.75 bits per heavy atom. The second-order valence-electron chi connectivity index (χ2n) is 9.05. The van der Waals surface area contributed by atoms with Crippen LogP contribution in [0.2, 0.25) is 0 Å². The number of ether oxygens (including phenoxy) is 1. The van der Waals surface area contributed by atoms with Crippen molar-refractivity contribution >= 4 is 11.5 Å². The van der Waals surface area contributed by atoms with Gasteiger partial charge in [0.1, 0.15) is 29.5 Å². The molecule has 28 heavy (non-hydrogen) atoms. The molecule has 2 heterocycles. The van der Waals surface area contributed by atoms with E-state index in [4.69, 9.17) is 14.8 Å². The highest BCUT2D eigenvalue weighted by molar-refractivity contribution is 5.80. The monoisotopic (exact) mass is 381 g/mol. The van der Waals surface area contributed by atoms with Crippen LogP contribution in [0.3, 0.4) is 0 Å². The van der Waals surface area contributed by atoms with Crippen molar-refractivity contribution < 1.29 is 9.84 Å². The van der Waals surface area contributed by atoms with E-state index < -0.39 is 0 Å². The summed E-state index contributed by atoms with van der Waals surface area (Å²) in [4.78, 5) is 4.89. The molecule has 3 aromatic rings. The summed E-state index contributed by atoms with van der Waals surface area (Å²) in [6.07, 6.45) is 3.03. The van der Waals surface area contributed by atoms with Crippen LogP contribution in [-0.4, -0.2) is 33.2 Å². The van der Waals surface area contributed by atoms with Crippen LogP contribution in [0.4, 0.5) is 5.82 Å². The topological polar surface area (TPSA) is 58.8 Å². The first kappa shape index (κ1) is 20.2. The largest absolute Gasteiger partial charge is 0.490 e. The number of nitrogens with zero attached hydrogens (tertiary/aromatic N) is 2. The van der Waals surface area contributed by atoms with Gasteiger partial charge in [-0.1, -0.05) is 39.0 Å². The van der Waals surface area contributed by atoms with Gasteiger partial charge in [-0.2, -0.15) is 0 Å². The van der Waals surface area contributed by atoms with Crippen LogP contribution in [0, 0.1) is 5.41 Å². The summed E-state index contributed by atoms with van der Waals surface area (Å²) >= 11 is 0. The van der Waals surface area contributed by atoms with Gasteiger partial charge in [-0.25, -0.2) is 4.98 Å². The Morgan fingerprint density at radius 3 is 2.46 bits per heavy atom. The summed E-state index contributed by atoms with van der Waals surface area (Å²) in [6.45, 7) is 11.4. The zero-order valence-electron chi connectivity index (χ0n) is 17.5. The summed E-state index contributed by atoms with van der Waals surface area (Å²) in [5.41, 5.74) is 2.71. The summed E-state index contributed by atoms with van der Waals surface area (Å²) in [7, 11) is 0. The smallest absolute Gasteiger partial charge is 0.139 e. The zero-order valence-corrected chi connectivity index (χ0v) is 17.5. The second kappa shape index (κ2) is 7.84. The molecular weight excluding hydrogens is 350 g/mol. The first-order valence-corrected chi connectivity index (χ1v) is 9.78. The number of anilines is 1. The van der Waals surface area contributed by atoms with Gasteiger partial charge < -0.3 is 15.2 Å². The van der Waals surface area contributed by atoms with Gasteiger partial charge in [0.25, 0.3) is 0 Å². The molecule has 150 valence electrons. The molecule has 2 N–H and O–H groups in total. The molecule has 0 aliphatic heterocycles. The third kappa shape index (κ3) is 4.65. The lowest BCUT2D eigenvalue weighted by atomic mass is 9.82. The molecule has 3 rings (SSSR count). The van der Waals surface area contributed by atoms with Crippen molar-refractivity contribution in [2.24, 2.45) is 5.41 Å². The van der Waals surface area contributed by atoms with E-state index in [1.807, 2.05) is 48.7 Å². The van der Waals surface area contributed by atoms with Crippen LogP contribution in [0.5, 0.6) is 5.75 Å². The number of fused-ring (bicyclic) bond motifs is 1. The minimum Gasteiger partial charge on any atom is -0.490 e. The Bertz CT molecular complexity index is 938. The van der Waals surface area contributed by atoms with Gasteiger partial charge in [-0.05, 0) is 49.9 Å². The second-order valence-corrected chi connectivity index (χ2v) is 9.05. The Labute approximate surface area is 167 Å². The Kier molecular flexibility index (Phi) is 5.66. The van der Waals surface area contributed by atoms with Gasteiger partial charge in [0.15, 0.2) is 0 Å². The molecule has 1 aromatic carbocycles. The number of pyridine rings is 1. The van der Waals surface area contributed by atoms with Crippen molar-refractivity contribution in [3.05, 3.63) is 48.7 Å². The van der Waals surface area contributed by atoms with E-state index in [9.17, 15) is 0 Å². The quantitative estimate of drug-likeness (QED) is 0.605. The van der Waals surface area contributed by atoms with Gasteiger partial charge in [0.2, 0.25) is 0 Å². The van der Waals surface area contributed by atoms with Crippen molar-refractivity contribution in [3.8, 4) is 17.0 Å². The van der Waals surface area contributed by atoms with Crippen molar-refractivity contribution in [1.29, 1.82) is 0 Å². The molecule has 0 saturated heterocycles. The number of hydrogen-bond acceptors (Lipinski definition) is 4. The van der Waals surface area contributed by atoms with Crippen molar-refractivity contribution in [2.45, 2.75) is 46.6 Å². The lowest BCUT2D eigenvalue weighted by Crippen LogP contribution is -2.36. The number of para-hydroxylation sites is 1. The average Bonchev–Trinajstić information content (AvgIpc) is 2.96. The Hall–Kier alpha value is -2.53. The summed E-state index contributed by atoms with van der Waals surface area (Å²) in [6, 6.07) is 13.8. The molecule has 0 spiro atoms. The molecule has 0 amide bonds. The number of benzene rings is 1. The predicted octanol–water partition coefficient (Wildman–Crippen LogP) is 5.00. The number of aliphatic hydroxyl groups excluding tert-OH is 1.